The molecular weight excluding hydrogens is 290 g/mol. The van der Waals surface area contributed by atoms with Crippen molar-refractivity contribution in [3.8, 4) is 0 Å². The lowest BCUT2D eigenvalue weighted by atomic mass is 10.0. The Balaban J connectivity index is 2.03. The smallest absolute Gasteiger partial charge is 0.239 e. The van der Waals surface area contributed by atoms with Crippen molar-refractivity contribution >= 4 is 29.1 Å². The van der Waals surface area contributed by atoms with Crippen LogP contribution >= 0.6 is 11.6 Å². The van der Waals surface area contributed by atoms with E-state index in [1.54, 1.807) is 23.1 Å². The van der Waals surface area contributed by atoms with Crippen LogP contribution in [0, 0.1) is 5.92 Å². The van der Waals surface area contributed by atoms with Gasteiger partial charge in [-0.25, -0.2) is 0 Å². The fraction of sp³-hybridized carbons (Fsp3) is 0.467. The van der Waals surface area contributed by atoms with Crippen LogP contribution in [0.4, 0.5) is 5.69 Å². The predicted molar refractivity (Wildman–Crippen MR) is 83.2 cm³/mol. The van der Waals surface area contributed by atoms with Gasteiger partial charge in [-0.1, -0.05) is 17.7 Å². The molecule has 0 saturated carbocycles. The molecule has 1 atom stereocenters. The molecule has 1 saturated heterocycles. The third-order valence-corrected chi connectivity index (χ3v) is 3.60. The summed E-state index contributed by atoms with van der Waals surface area (Å²) in [7, 11) is 0. The molecule has 0 spiro atoms. The van der Waals surface area contributed by atoms with Gasteiger partial charge >= 0.3 is 0 Å². The second-order valence-electron chi connectivity index (χ2n) is 6.02. The van der Waals surface area contributed by atoms with Gasteiger partial charge in [-0.15, -0.1) is 0 Å². The summed E-state index contributed by atoms with van der Waals surface area (Å²) in [6.07, 6.45) is 0.502. The molecule has 21 heavy (non-hydrogen) atoms. The van der Waals surface area contributed by atoms with Crippen LogP contribution in [-0.4, -0.2) is 30.4 Å². The molecule has 2 amide bonds. The molecule has 1 aromatic rings. The highest BCUT2D eigenvalue weighted by molar-refractivity contribution is 6.31. The molecule has 1 heterocycles. The molecule has 1 unspecified atom stereocenters. The van der Waals surface area contributed by atoms with Crippen molar-refractivity contribution in [1.29, 1.82) is 0 Å². The highest BCUT2D eigenvalue weighted by Gasteiger charge is 2.37. The number of carbonyl (C=O) groups is 2. The molecule has 5 nitrogen and oxygen atoms in total. The van der Waals surface area contributed by atoms with Gasteiger partial charge in [-0.3, -0.25) is 9.59 Å². The van der Waals surface area contributed by atoms with E-state index in [0.717, 1.165) is 5.69 Å². The number of nitrogens with zero attached hydrogens (tertiary/aromatic N) is 1. The molecular formula is C15H20ClN3O2. The topological polar surface area (TPSA) is 75.4 Å². The number of benzene rings is 1. The van der Waals surface area contributed by atoms with Crippen LogP contribution in [0.3, 0.4) is 0 Å². The van der Waals surface area contributed by atoms with Gasteiger partial charge in [0.25, 0.3) is 0 Å². The van der Waals surface area contributed by atoms with Crippen molar-refractivity contribution in [2.24, 2.45) is 11.7 Å². The van der Waals surface area contributed by atoms with Gasteiger partial charge in [0.1, 0.15) is 5.92 Å². The number of hydrogen-bond acceptors (Lipinski definition) is 3. The first-order valence-electron chi connectivity index (χ1n) is 6.91. The van der Waals surface area contributed by atoms with Crippen LogP contribution in [0.5, 0.6) is 0 Å². The Labute approximate surface area is 129 Å². The minimum absolute atomic E-state index is 0.190. The maximum Gasteiger partial charge on any atom is 0.239 e. The van der Waals surface area contributed by atoms with Crippen molar-refractivity contribution < 1.29 is 9.59 Å². The Morgan fingerprint density at radius 3 is 2.86 bits per heavy atom. The van der Waals surface area contributed by atoms with Crippen LogP contribution in [-0.2, 0) is 9.59 Å². The monoisotopic (exact) mass is 309 g/mol. The fourth-order valence-electron chi connectivity index (χ4n) is 2.26. The van der Waals surface area contributed by atoms with E-state index >= 15 is 0 Å². The van der Waals surface area contributed by atoms with Gasteiger partial charge in [0.2, 0.25) is 11.8 Å². The molecule has 114 valence electrons. The fourth-order valence-corrected chi connectivity index (χ4v) is 2.45. The molecule has 0 radical (unpaired) electrons. The Hall–Kier alpha value is -1.59. The predicted octanol–water partition coefficient (Wildman–Crippen LogP) is 1.55. The number of hydrogen-bond donors (Lipinski definition) is 2. The van der Waals surface area contributed by atoms with E-state index in [4.69, 9.17) is 17.3 Å². The van der Waals surface area contributed by atoms with E-state index in [1.807, 2.05) is 19.9 Å². The number of anilines is 1. The number of amides is 2. The molecule has 0 bridgehead atoms. The van der Waals surface area contributed by atoms with Crippen molar-refractivity contribution in [3.63, 3.8) is 0 Å². The van der Waals surface area contributed by atoms with Crippen molar-refractivity contribution in [1.82, 2.24) is 5.32 Å². The minimum atomic E-state index is -0.647. The first-order chi connectivity index (χ1) is 9.78. The van der Waals surface area contributed by atoms with E-state index in [0.29, 0.717) is 24.5 Å². The van der Waals surface area contributed by atoms with Gasteiger partial charge < -0.3 is 16.0 Å². The van der Waals surface area contributed by atoms with Gasteiger partial charge in [-0.05, 0) is 38.5 Å². The molecule has 0 aliphatic carbocycles. The van der Waals surface area contributed by atoms with E-state index in [9.17, 15) is 9.59 Å². The number of rotatable bonds is 4. The highest BCUT2D eigenvalue weighted by Crippen LogP contribution is 2.27. The van der Waals surface area contributed by atoms with Gasteiger partial charge in [0.15, 0.2) is 0 Å². The van der Waals surface area contributed by atoms with E-state index < -0.39 is 11.5 Å². The Morgan fingerprint density at radius 1 is 1.52 bits per heavy atom. The third-order valence-electron chi connectivity index (χ3n) is 3.36. The molecule has 3 N–H and O–H groups in total. The van der Waals surface area contributed by atoms with Crippen LogP contribution in [0.2, 0.25) is 5.02 Å². The largest absolute Gasteiger partial charge is 0.354 e. The zero-order valence-corrected chi connectivity index (χ0v) is 13.0. The summed E-state index contributed by atoms with van der Waals surface area (Å²) < 4.78 is 0. The van der Waals surface area contributed by atoms with Gasteiger partial charge in [0.05, 0.1) is 0 Å². The number of carbonyl (C=O) groups excluding carboxylic acids is 2. The summed E-state index contributed by atoms with van der Waals surface area (Å²) in [5.74, 6) is -1.10. The number of nitrogens with one attached hydrogen (secondary N) is 1. The quantitative estimate of drug-likeness (QED) is 0.829. The standard InChI is InChI=1S/C15H20ClN3O2/c1-15(2,17)9-18-13(20)12-6-7-19(14(12)21)11-5-3-4-10(16)8-11/h3-5,8,12H,6-7,9,17H2,1-2H3,(H,18,20). The lowest BCUT2D eigenvalue weighted by Gasteiger charge is -2.20. The molecule has 2 rings (SSSR count). The van der Waals surface area contributed by atoms with Gasteiger partial charge in [-0.2, -0.15) is 0 Å². The number of halogens is 1. The van der Waals surface area contributed by atoms with Crippen LogP contribution in [0.15, 0.2) is 24.3 Å². The Morgan fingerprint density at radius 2 is 2.24 bits per heavy atom. The lowest BCUT2D eigenvalue weighted by Crippen LogP contribution is -2.47. The summed E-state index contributed by atoms with van der Waals surface area (Å²) in [6, 6.07) is 7.07. The second kappa shape index (κ2) is 6.03. The molecule has 1 aromatic carbocycles. The van der Waals surface area contributed by atoms with Crippen LogP contribution in [0.1, 0.15) is 20.3 Å². The second-order valence-corrected chi connectivity index (χ2v) is 6.45. The van der Waals surface area contributed by atoms with Crippen molar-refractivity contribution in [2.75, 3.05) is 18.0 Å². The maximum absolute atomic E-state index is 12.4. The SMILES string of the molecule is CC(C)(N)CNC(=O)C1CCN(c2cccc(Cl)c2)C1=O. The molecule has 1 aliphatic heterocycles. The summed E-state index contributed by atoms with van der Waals surface area (Å²) in [5.41, 5.74) is 6.06. The summed E-state index contributed by atoms with van der Waals surface area (Å²) in [6.45, 7) is 4.50. The molecule has 0 aromatic heterocycles. The normalized spacial score (nSPS) is 19.0. The van der Waals surface area contributed by atoms with E-state index in [1.165, 1.54) is 0 Å². The molecule has 1 fully saturated rings. The summed E-state index contributed by atoms with van der Waals surface area (Å²) >= 11 is 5.94. The molecule has 1 aliphatic rings. The lowest BCUT2D eigenvalue weighted by molar-refractivity contribution is -0.132. The zero-order chi connectivity index (χ0) is 15.6. The summed E-state index contributed by atoms with van der Waals surface area (Å²) in [4.78, 5) is 26.1. The maximum atomic E-state index is 12.4. The first-order valence-corrected chi connectivity index (χ1v) is 7.29. The first kappa shape index (κ1) is 15.8. The van der Waals surface area contributed by atoms with Crippen molar-refractivity contribution in [3.05, 3.63) is 29.3 Å². The third kappa shape index (κ3) is 3.95. The van der Waals surface area contributed by atoms with E-state index in [-0.39, 0.29) is 11.8 Å². The highest BCUT2D eigenvalue weighted by atomic mass is 35.5. The average molecular weight is 310 g/mol. The van der Waals surface area contributed by atoms with Gasteiger partial charge in [0, 0.05) is 29.3 Å². The minimum Gasteiger partial charge on any atom is -0.354 e. The zero-order valence-electron chi connectivity index (χ0n) is 12.2. The van der Waals surface area contributed by atoms with Crippen molar-refractivity contribution in [2.45, 2.75) is 25.8 Å². The number of nitrogens with two attached hydrogens (primary N) is 1. The van der Waals surface area contributed by atoms with Crippen LogP contribution in [0.25, 0.3) is 0 Å². The molecule has 6 heteroatoms. The Kier molecular flexibility index (Phi) is 4.54. The Bertz CT molecular complexity index is 554. The van der Waals surface area contributed by atoms with E-state index in [2.05, 4.69) is 5.32 Å². The summed E-state index contributed by atoms with van der Waals surface area (Å²) in [5, 5.41) is 3.31. The average Bonchev–Trinajstić information content (AvgIpc) is 2.77. The van der Waals surface area contributed by atoms with Crippen LogP contribution < -0.4 is 16.0 Å².